The predicted molar refractivity (Wildman–Crippen MR) is 124 cm³/mol. The zero-order chi connectivity index (χ0) is 22.7. The highest BCUT2D eigenvalue weighted by molar-refractivity contribution is 8.18. The summed E-state index contributed by atoms with van der Waals surface area (Å²) in [6.45, 7) is 8.92. The number of thioether (sulfide) groups is 2. The number of likely N-dealkylation sites (N-methyl/N-ethyl adjacent to an activating group) is 1. The maximum Gasteiger partial charge on any atom is 0.410 e. The average molecular weight is 470 g/mol. The van der Waals surface area contributed by atoms with Gasteiger partial charge >= 0.3 is 6.09 Å². The summed E-state index contributed by atoms with van der Waals surface area (Å²) in [5.74, 6) is 1.71. The number of amides is 1. The van der Waals surface area contributed by atoms with Crippen LogP contribution in [-0.2, 0) is 9.53 Å². The van der Waals surface area contributed by atoms with Gasteiger partial charge in [0.2, 0.25) is 0 Å². The third-order valence-electron chi connectivity index (χ3n) is 8.13. The lowest BCUT2D eigenvalue weighted by Crippen LogP contribution is -2.65. The van der Waals surface area contributed by atoms with Crippen molar-refractivity contribution in [1.82, 2.24) is 9.80 Å². The van der Waals surface area contributed by atoms with Gasteiger partial charge in [0.1, 0.15) is 5.60 Å². The fraction of sp³-hybridized carbons (Fsp3) is 0.913. The van der Waals surface area contributed by atoms with E-state index in [1.54, 1.807) is 0 Å². The molecule has 176 valence electrons. The van der Waals surface area contributed by atoms with Crippen LogP contribution in [0.4, 0.5) is 4.79 Å². The smallest absolute Gasteiger partial charge is 0.410 e. The Morgan fingerprint density at radius 3 is 2.45 bits per heavy atom. The van der Waals surface area contributed by atoms with Crippen molar-refractivity contribution in [3.05, 3.63) is 0 Å². The molecule has 0 aromatic carbocycles. The number of carboxylic acids is 1. The number of likely N-dealkylation sites (tertiary alicyclic amines) is 2. The van der Waals surface area contributed by atoms with E-state index in [9.17, 15) is 14.7 Å². The zero-order valence-corrected chi connectivity index (χ0v) is 21.2. The maximum atomic E-state index is 13.0. The van der Waals surface area contributed by atoms with E-state index in [0.717, 1.165) is 30.8 Å². The first-order chi connectivity index (χ1) is 14.5. The van der Waals surface area contributed by atoms with Gasteiger partial charge in [-0.2, -0.15) is 0 Å². The molecular formula is C23H37N2O4S2-. The summed E-state index contributed by atoms with van der Waals surface area (Å²) < 4.78 is 5.72. The summed E-state index contributed by atoms with van der Waals surface area (Å²) in [7, 11) is 2.00. The largest absolute Gasteiger partial charge is 0.548 e. The molecule has 4 atom stereocenters. The van der Waals surface area contributed by atoms with Crippen LogP contribution in [-0.4, -0.2) is 74.8 Å². The van der Waals surface area contributed by atoms with Crippen molar-refractivity contribution in [3.63, 3.8) is 0 Å². The number of hydrogen-bond acceptors (Lipinski definition) is 7. The molecule has 3 aliphatic heterocycles. The van der Waals surface area contributed by atoms with E-state index in [4.69, 9.17) is 4.74 Å². The first-order valence-corrected chi connectivity index (χ1v) is 13.7. The van der Waals surface area contributed by atoms with Crippen molar-refractivity contribution >= 4 is 35.6 Å². The quantitative estimate of drug-likeness (QED) is 0.615. The van der Waals surface area contributed by atoms with E-state index >= 15 is 0 Å². The minimum atomic E-state index is -0.976. The molecule has 1 saturated carbocycles. The number of carbonyl (C=O) groups is 2. The van der Waals surface area contributed by atoms with Crippen molar-refractivity contribution in [1.29, 1.82) is 0 Å². The Balaban J connectivity index is 1.76. The first-order valence-electron chi connectivity index (χ1n) is 11.7. The minimum Gasteiger partial charge on any atom is -0.548 e. The zero-order valence-electron chi connectivity index (χ0n) is 19.6. The van der Waals surface area contributed by atoms with E-state index in [1.165, 1.54) is 6.42 Å². The van der Waals surface area contributed by atoms with Crippen LogP contribution in [0.25, 0.3) is 0 Å². The molecule has 3 heterocycles. The SMILES string of the molecule is CC[C@]1(C(=O)[O-])C[C@]23CN(C(=O)OC(C)(C)C)CC[C@H]2CCC2(SCCCS2)[C@@H]3N1C. The predicted octanol–water partition coefficient (Wildman–Crippen LogP) is 3.19. The summed E-state index contributed by atoms with van der Waals surface area (Å²) in [4.78, 5) is 29.6. The second-order valence-electron chi connectivity index (χ2n) is 10.9. The van der Waals surface area contributed by atoms with Gasteiger partial charge in [-0.05, 0) is 83.8 Å². The van der Waals surface area contributed by atoms with Gasteiger partial charge in [-0.1, -0.05) is 6.92 Å². The number of aliphatic carboxylic acids is 1. The molecule has 0 unspecified atom stereocenters. The number of piperidine rings is 1. The molecule has 4 aliphatic rings. The summed E-state index contributed by atoms with van der Waals surface area (Å²) in [5, 5.41) is 12.6. The molecule has 31 heavy (non-hydrogen) atoms. The molecular weight excluding hydrogens is 432 g/mol. The summed E-state index contributed by atoms with van der Waals surface area (Å²) in [6.07, 6.45) is 5.16. The van der Waals surface area contributed by atoms with Gasteiger partial charge in [0.15, 0.2) is 0 Å². The standard InChI is InChI=1S/C23H38N2O4S2/c1-6-22(18(26)27)14-21-15-25(19(28)29-20(2,3)4)11-9-16(21)8-10-23(17(21)24(22)5)30-12-7-13-31-23/h16-17H,6-15H2,1-5H3,(H,26,27)/p-1/t16-,17-,21+,22-/m1/s1. The molecule has 2 spiro atoms. The molecule has 6 nitrogen and oxygen atoms in total. The molecule has 4 rings (SSSR count). The van der Waals surface area contributed by atoms with Crippen molar-refractivity contribution in [3.8, 4) is 0 Å². The van der Waals surface area contributed by atoms with Crippen molar-refractivity contribution < 1.29 is 19.4 Å². The van der Waals surface area contributed by atoms with Gasteiger partial charge < -0.3 is 19.5 Å². The van der Waals surface area contributed by atoms with E-state index in [-0.39, 0.29) is 21.6 Å². The Morgan fingerprint density at radius 2 is 1.87 bits per heavy atom. The first kappa shape index (κ1) is 23.6. The van der Waals surface area contributed by atoms with Gasteiger partial charge in [0, 0.05) is 24.5 Å². The highest BCUT2D eigenvalue weighted by Gasteiger charge is 2.70. The van der Waals surface area contributed by atoms with Crippen LogP contribution < -0.4 is 5.11 Å². The Morgan fingerprint density at radius 1 is 1.19 bits per heavy atom. The second-order valence-corrected chi connectivity index (χ2v) is 14.0. The number of carboxylic acid groups (broad SMARTS) is 1. The fourth-order valence-electron chi connectivity index (χ4n) is 6.86. The number of fused-ring (bicyclic) bond motifs is 1. The molecule has 0 aromatic heterocycles. The van der Waals surface area contributed by atoms with Crippen molar-refractivity contribution in [2.24, 2.45) is 11.3 Å². The van der Waals surface area contributed by atoms with Crippen LogP contribution in [0.3, 0.4) is 0 Å². The van der Waals surface area contributed by atoms with Crippen LogP contribution >= 0.6 is 23.5 Å². The number of ether oxygens (including phenoxy) is 1. The number of hydrogen-bond donors (Lipinski definition) is 0. The summed E-state index contributed by atoms with van der Waals surface area (Å²) in [5.41, 5.74) is -1.76. The molecule has 8 heteroatoms. The molecule has 3 saturated heterocycles. The average Bonchev–Trinajstić information content (AvgIpc) is 2.97. The van der Waals surface area contributed by atoms with Crippen LogP contribution in [0.1, 0.15) is 66.2 Å². The van der Waals surface area contributed by atoms with Gasteiger partial charge in [-0.25, -0.2) is 4.79 Å². The lowest BCUT2D eigenvalue weighted by atomic mass is 9.58. The topological polar surface area (TPSA) is 72.9 Å². The van der Waals surface area contributed by atoms with E-state index < -0.39 is 17.1 Å². The highest BCUT2D eigenvalue weighted by atomic mass is 32.2. The lowest BCUT2D eigenvalue weighted by Gasteiger charge is -2.60. The van der Waals surface area contributed by atoms with E-state index in [0.29, 0.717) is 31.8 Å². The number of rotatable bonds is 2. The Labute approximate surface area is 195 Å². The highest BCUT2D eigenvalue weighted by Crippen LogP contribution is 2.67. The lowest BCUT2D eigenvalue weighted by molar-refractivity contribution is -0.318. The van der Waals surface area contributed by atoms with Crippen LogP contribution in [0.5, 0.6) is 0 Å². The van der Waals surface area contributed by atoms with Crippen molar-refractivity contribution in [2.45, 2.75) is 87.5 Å². The monoisotopic (exact) mass is 469 g/mol. The second kappa shape index (κ2) is 8.01. The normalized spacial score (nSPS) is 37.9. The van der Waals surface area contributed by atoms with Gasteiger partial charge in [-0.15, -0.1) is 23.5 Å². The number of carbonyl (C=O) groups excluding carboxylic acids is 2. The molecule has 0 N–H and O–H groups in total. The molecule has 0 radical (unpaired) electrons. The van der Waals surface area contributed by atoms with E-state index in [2.05, 4.69) is 4.90 Å². The summed E-state index contributed by atoms with van der Waals surface area (Å²) in [6, 6.07) is 0.108. The Kier molecular flexibility index (Phi) is 6.09. The van der Waals surface area contributed by atoms with Crippen LogP contribution in [0, 0.1) is 11.3 Å². The molecule has 1 aliphatic carbocycles. The summed E-state index contributed by atoms with van der Waals surface area (Å²) >= 11 is 4.07. The fourth-order valence-corrected chi connectivity index (χ4v) is 10.8. The molecule has 0 aromatic rings. The molecule has 0 bridgehead atoms. The third kappa shape index (κ3) is 3.68. The maximum absolute atomic E-state index is 13.0. The minimum absolute atomic E-state index is 0.00713. The molecule has 4 fully saturated rings. The molecule has 1 amide bonds. The van der Waals surface area contributed by atoms with Gasteiger partial charge in [0.25, 0.3) is 0 Å². The van der Waals surface area contributed by atoms with E-state index in [1.807, 2.05) is 63.2 Å². The number of nitrogens with zero attached hydrogens (tertiary/aromatic N) is 2. The third-order valence-corrected chi connectivity index (χ3v) is 11.7. The Hall–Kier alpha value is -0.600. The Bertz CT molecular complexity index is 736. The van der Waals surface area contributed by atoms with Crippen LogP contribution in [0.15, 0.2) is 0 Å². The van der Waals surface area contributed by atoms with Crippen molar-refractivity contribution in [2.75, 3.05) is 31.6 Å². The van der Waals surface area contributed by atoms with Gasteiger partial charge in [0.05, 0.1) is 15.6 Å². The van der Waals surface area contributed by atoms with Crippen LogP contribution in [0.2, 0.25) is 0 Å². The van der Waals surface area contributed by atoms with Gasteiger partial charge in [-0.3, -0.25) is 4.90 Å².